The standard InChI is InChI=1S/C23H24N5O2/c24-21(29)20-19-8-4-14-27(19)23(30)28(20)18-11-9-17(10-12-18)26-15-5-13-25-22(26)16-6-2-1-3-7-16/h1-3,6-12,19-20H,4-5,13-15H2,(H2,24,29)/t19-,20?/m1/s1. The van der Waals surface area contributed by atoms with Crippen molar-refractivity contribution in [1.29, 1.82) is 0 Å². The number of aliphatic imine (C=N–C) groups is 1. The zero-order chi connectivity index (χ0) is 20.7. The highest BCUT2D eigenvalue weighted by Gasteiger charge is 2.51. The highest BCUT2D eigenvalue weighted by molar-refractivity contribution is 6.10. The zero-order valence-corrected chi connectivity index (χ0v) is 16.6. The maximum atomic E-state index is 12.9. The number of anilines is 2. The molecular formula is C23H24N5O2. The maximum Gasteiger partial charge on any atom is 0.325 e. The van der Waals surface area contributed by atoms with Crippen molar-refractivity contribution in [2.45, 2.75) is 24.9 Å². The van der Waals surface area contributed by atoms with Crippen LogP contribution in [0.3, 0.4) is 0 Å². The van der Waals surface area contributed by atoms with Crippen LogP contribution in [-0.4, -0.2) is 54.4 Å². The summed E-state index contributed by atoms with van der Waals surface area (Å²) in [6.45, 7) is 2.33. The number of amidine groups is 1. The monoisotopic (exact) mass is 402 g/mol. The lowest BCUT2D eigenvalue weighted by Crippen LogP contribution is -2.46. The average molecular weight is 402 g/mol. The Morgan fingerprint density at radius 1 is 1.00 bits per heavy atom. The molecule has 1 radical (unpaired) electrons. The number of rotatable bonds is 4. The predicted octanol–water partition coefficient (Wildman–Crippen LogP) is 2.42. The van der Waals surface area contributed by atoms with Gasteiger partial charge in [0.2, 0.25) is 5.91 Å². The first-order valence-corrected chi connectivity index (χ1v) is 10.3. The number of nitrogens with zero attached hydrogens (tertiary/aromatic N) is 4. The summed E-state index contributed by atoms with van der Waals surface area (Å²) in [5, 5.41) is 0. The van der Waals surface area contributed by atoms with Crippen LogP contribution in [0.25, 0.3) is 0 Å². The lowest BCUT2D eigenvalue weighted by molar-refractivity contribution is -0.119. The van der Waals surface area contributed by atoms with Gasteiger partial charge in [-0.3, -0.25) is 14.7 Å². The van der Waals surface area contributed by atoms with E-state index in [1.807, 2.05) is 48.9 Å². The van der Waals surface area contributed by atoms with Gasteiger partial charge in [0.1, 0.15) is 11.9 Å². The molecule has 3 heterocycles. The van der Waals surface area contributed by atoms with Crippen molar-refractivity contribution in [2.75, 3.05) is 29.4 Å². The second-order valence-corrected chi connectivity index (χ2v) is 7.80. The minimum Gasteiger partial charge on any atom is -0.368 e. The SMILES string of the molecule is NC(=O)C1[C@H]2[CH]CCN2C(=O)N1c1ccc(N2CCCN=C2c2ccccc2)cc1. The van der Waals surface area contributed by atoms with E-state index in [1.165, 1.54) is 4.90 Å². The third-order valence-electron chi connectivity index (χ3n) is 6.01. The highest BCUT2D eigenvalue weighted by Crippen LogP contribution is 2.35. The second kappa shape index (κ2) is 7.48. The zero-order valence-electron chi connectivity index (χ0n) is 16.6. The molecule has 2 aromatic rings. The molecule has 7 nitrogen and oxygen atoms in total. The van der Waals surface area contributed by atoms with Crippen LogP contribution >= 0.6 is 0 Å². The van der Waals surface area contributed by atoms with Crippen LogP contribution < -0.4 is 15.5 Å². The summed E-state index contributed by atoms with van der Waals surface area (Å²) >= 11 is 0. The third-order valence-corrected chi connectivity index (χ3v) is 6.01. The molecule has 2 atom stereocenters. The molecule has 2 N–H and O–H groups in total. The Morgan fingerprint density at radius 2 is 1.73 bits per heavy atom. The van der Waals surface area contributed by atoms with Crippen LogP contribution in [0.15, 0.2) is 59.6 Å². The Labute approximate surface area is 175 Å². The molecule has 2 fully saturated rings. The summed E-state index contributed by atoms with van der Waals surface area (Å²) in [7, 11) is 0. The van der Waals surface area contributed by atoms with E-state index in [0.29, 0.717) is 12.2 Å². The van der Waals surface area contributed by atoms with Crippen LogP contribution in [-0.2, 0) is 4.79 Å². The quantitative estimate of drug-likeness (QED) is 0.853. The Morgan fingerprint density at radius 3 is 2.47 bits per heavy atom. The fourth-order valence-corrected chi connectivity index (χ4v) is 4.64. The number of primary amides is 1. The first kappa shape index (κ1) is 18.7. The van der Waals surface area contributed by atoms with Crippen molar-refractivity contribution < 1.29 is 9.59 Å². The molecule has 3 aliphatic heterocycles. The molecular weight excluding hydrogens is 378 g/mol. The molecule has 1 unspecified atom stereocenters. The Kier molecular flexibility index (Phi) is 4.65. The van der Waals surface area contributed by atoms with Gasteiger partial charge in [0.15, 0.2) is 0 Å². The Hall–Kier alpha value is -3.35. The van der Waals surface area contributed by atoms with Crippen LogP contribution in [0.5, 0.6) is 0 Å². The van der Waals surface area contributed by atoms with Crippen molar-refractivity contribution in [3.05, 3.63) is 66.6 Å². The molecule has 0 aliphatic carbocycles. The van der Waals surface area contributed by atoms with E-state index in [9.17, 15) is 9.59 Å². The molecule has 0 spiro atoms. The smallest absolute Gasteiger partial charge is 0.325 e. The van der Waals surface area contributed by atoms with Gasteiger partial charge in [-0.15, -0.1) is 0 Å². The first-order valence-electron chi connectivity index (χ1n) is 10.3. The molecule has 7 heteroatoms. The highest BCUT2D eigenvalue weighted by atomic mass is 16.2. The molecule has 0 aromatic heterocycles. The molecule has 3 amide bonds. The maximum absolute atomic E-state index is 12.9. The summed E-state index contributed by atoms with van der Waals surface area (Å²) in [6.07, 6.45) is 3.79. The number of hydrogen-bond acceptors (Lipinski definition) is 4. The summed E-state index contributed by atoms with van der Waals surface area (Å²) in [4.78, 5) is 35.3. The molecule has 0 saturated carbocycles. The molecule has 0 bridgehead atoms. The van der Waals surface area contributed by atoms with E-state index in [0.717, 1.165) is 43.0 Å². The molecule has 2 saturated heterocycles. The van der Waals surface area contributed by atoms with Crippen LogP contribution in [0.4, 0.5) is 16.2 Å². The number of hydrogen-bond donors (Lipinski definition) is 1. The number of fused-ring (bicyclic) bond motifs is 1. The van der Waals surface area contributed by atoms with E-state index < -0.39 is 11.9 Å². The topological polar surface area (TPSA) is 82.2 Å². The number of carbonyl (C=O) groups is 2. The van der Waals surface area contributed by atoms with Crippen molar-refractivity contribution in [1.82, 2.24) is 4.90 Å². The Balaban J connectivity index is 1.44. The molecule has 2 aromatic carbocycles. The number of carbonyl (C=O) groups excluding carboxylic acids is 2. The first-order chi connectivity index (χ1) is 14.6. The predicted molar refractivity (Wildman–Crippen MR) is 117 cm³/mol. The lowest BCUT2D eigenvalue weighted by Gasteiger charge is -2.30. The van der Waals surface area contributed by atoms with E-state index in [1.54, 1.807) is 4.90 Å². The van der Waals surface area contributed by atoms with E-state index >= 15 is 0 Å². The number of benzene rings is 2. The van der Waals surface area contributed by atoms with Gasteiger partial charge in [-0.25, -0.2) is 4.79 Å². The van der Waals surface area contributed by atoms with Crippen LogP contribution in [0, 0.1) is 6.42 Å². The van der Waals surface area contributed by atoms with Gasteiger partial charge in [-0.1, -0.05) is 30.3 Å². The summed E-state index contributed by atoms with van der Waals surface area (Å²) < 4.78 is 0. The van der Waals surface area contributed by atoms with Gasteiger partial charge >= 0.3 is 6.03 Å². The minimum absolute atomic E-state index is 0.158. The third kappa shape index (κ3) is 3.01. The van der Waals surface area contributed by atoms with E-state index in [-0.39, 0.29) is 12.1 Å². The van der Waals surface area contributed by atoms with Gasteiger partial charge in [-0.05, 0) is 43.5 Å². The van der Waals surface area contributed by atoms with E-state index in [2.05, 4.69) is 17.0 Å². The largest absolute Gasteiger partial charge is 0.368 e. The van der Waals surface area contributed by atoms with Gasteiger partial charge < -0.3 is 15.5 Å². The van der Waals surface area contributed by atoms with Crippen molar-refractivity contribution >= 4 is 29.1 Å². The summed E-state index contributed by atoms with van der Waals surface area (Å²) in [5.74, 6) is 0.477. The van der Waals surface area contributed by atoms with Gasteiger partial charge in [-0.2, -0.15) is 0 Å². The van der Waals surface area contributed by atoms with Gasteiger partial charge in [0.25, 0.3) is 0 Å². The van der Waals surface area contributed by atoms with Crippen molar-refractivity contribution in [2.24, 2.45) is 10.7 Å². The molecule has 3 aliphatic rings. The van der Waals surface area contributed by atoms with Crippen LogP contribution in [0.2, 0.25) is 0 Å². The van der Waals surface area contributed by atoms with Gasteiger partial charge in [0, 0.05) is 36.6 Å². The molecule has 153 valence electrons. The fraction of sp³-hybridized carbons (Fsp3) is 0.304. The minimum atomic E-state index is -0.665. The molecule has 30 heavy (non-hydrogen) atoms. The Bertz CT molecular complexity index is 988. The van der Waals surface area contributed by atoms with Crippen molar-refractivity contribution in [3.63, 3.8) is 0 Å². The number of nitrogens with two attached hydrogens (primary N) is 1. The second-order valence-electron chi connectivity index (χ2n) is 7.80. The number of urea groups is 1. The van der Waals surface area contributed by atoms with Crippen LogP contribution in [0.1, 0.15) is 18.4 Å². The summed E-state index contributed by atoms with van der Waals surface area (Å²) in [6, 6.07) is 16.8. The normalized spacial score (nSPS) is 23.5. The summed E-state index contributed by atoms with van der Waals surface area (Å²) in [5.41, 5.74) is 8.45. The van der Waals surface area contributed by atoms with E-state index in [4.69, 9.17) is 10.7 Å². The van der Waals surface area contributed by atoms with Crippen molar-refractivity contribution in [3.8, 4) is 0 Å². The fourth-order valence-electron chi connectivity index (χ4n) is 4.64. The average Bonchev–Trinajstić information content (AvgIpc) is 3.36. The van der Waals surface area contributed by atoms with Gasteiger partial charge in [0.05, 0.1) is 6.04 Å². The lowest BCUT2D eigenvalue weighted by atomic mass is 10.1. The molecule has 5 rings (SSSR count). The number of amides is 3.